The molecule has 0 saturated heterocycles. The van der Waals surface area contributed by atoms with E-state index in [0.717, 1.165) is 32.5 Å². The van der Waals surface area contributed by atoms with Crippen molar-refractivity contribution in [3.63, 3.8) is 0 Å². The Morgan fingerprint density at radius 3 is 2.26 bits per heavy atom. The number of nitrogens with zero attached hydrogens (tertiary/aromatic N) is 4. The number of anilines is 1. The van der Waals surface area contributed by atoms with E-state index in [1.807, 2.05) is 28.2 Å². The molecule has 0 radical (unpaired) electrons. The van der Waals surface area contributed by atoms with E-state index in [0.29, 0.717) is 23.9 Å². The van der Waals surface area contributed by atoms with Crippen LogP contribution in [0.25, 0.3) is 0 Å². The topological polar surface area (TPSA) is 73.4 Å². The summed E-state index contributed by atoms with van der Waals surface area (Å²) in [5.74, 6) is 1.15. The highest BCUT2D eigenvalue weighted by Gasteiger charge is 2.10. The van der Waals surface area contributed by atoms with E-state index in [2.05, 4.69) is 30.4 Å². The highest BCUT2D eigenvalue weighted by atomic mass is 16.1. The molecular weight excluding hydrogens is 292 g/mol. The van der Waals surface area contributed by atoms with Crippen molar-refractivity contribution in [2.75, 3.05) is 59.7 Å². The molecule has 1 amide bonds. The van der Waals surface area contributed by atoms with Crippen molar-refractivity contribution in [1.29, 1.82) is 0 Å². The maximum absolute atomic E-state index is 12.2. The molecule has 130 valence electrons. The molecule has 1 aromatic rings. The van der Waals surface area contributed by atoms with E-state index in [1.165, 1.54) is 0 Å². The van der Waals surface area contributed by atoms with Gasteiger partial charge in [0.1, 0.15) is 17.3 Å². The number of hydrogen-bond donors (Lipinski definition) is 2. The number of rotatable bonds is 10. The van der Waals surface area contributed by atoms with E-state index in [9.17, 15) is 4.79 Å². The lowest BCUT2D eigenvalue weighted by atomic mass is 10.3. The van der Waals surface area contributed by atoms with Crippen LogP contribution >= 0.6 is 0 Å². The monoisotopic (exact) mass is 322 g/mol. The average molecular weight is 322 g/mol. The first-order valence-electron chi connectivity index (χ1n) is 8.05. The predicted molar refractivity (Wildman–Crippen MR) is 93.9 cm³/mol. The molecule has 0 aliphatic heterocycles. The summed E-state index contributed by atoms with van der Waals surface area (Å²) in [5, 5.41) is 6.15. The molecule has 0 aromatic carbocycles. The molecule has 1 rings (SSSR count). The number of carbonyl (C=O) groups is 1. The van der Waals surface area contributed by atoms with Crippen molar-refractivity contribution in [3.05, 3.63) is 17.6 Å². The SMILES string of the molecule is Cc1nc(NCCCN(C)C)cc(C(=O)NCCCN(C)C)n1. The molecule has 0 unspecified atom stereocenters. The molecule has 0 bridgehead atoms. The Morgan fingerprint density at radius 2 is 1.65 bits per heavy atom. The molecule has 0 aliphatic carbocycles. The van der Waals surface area contributed by atoms with Gasteiger partial charge in [0.2, 0.25) is 0 Å². The van der Waals surface area contributed by atoms with Crippen molar-refractivity contribution in [3.8, 4) is 0 Å². The molecule has 0 fully saturated rings. The number of hydrogen-bond acceptors (Lipinski definition) is 6. The van der Waals surface area contributed by atoms with Crippen LogP contribution < -0.4 is 10.6 Å². The van der Waals surface area contributed by atoms with Crippen LogP contribution in [0.2, 0.25) is 0 Å². The minimum atomic E-state index is -0.148. The molecular formula is C16H30N6O. The van der Waals surface area contributed by atoms with Crippen molar-refractivity contribution in [2.24, 2.45) is 0 Å². The zero-order chi connectivity index (χ0) is 17.2. The maximum atomic E-state index is 12.2. The number of amides is 1. The zero-order valence-electron chi connectivity index (χ0n) is 15.0. The van der Waals surface area contributed by atoms with Crippen LogP contribution in [0.15, 0.2) is 6.07 Å². The summed E-state index contributed by atoms with van der Waals surface area (Å²) >= 11 is 0. The molecule has 0 atom stereocenters. The second kappa shape index (κ2) is 10.1. The van der Waals surface area contributed by atoms with E-state index in [-0.39, 0.29) is 5.91 Å². The first kappa shape index (κ1) is 19.3. The molecule has 2 N–H and O–H groups in total. The van der Waals surface area contributed by atoms with Crippen LogP contribution in [0.1, 0.15) is 29.2 Å². The molecule has 0 saturated carbocycles. The van der Waals surface area contributed by atoms with Gasteiger partial charge in [0, 0.05) is 19.2 Å². The molecule has 0 spiro atoms. The third-order valence-electron chi connectivity index (χ3n) is 3.23. The van der Waals surface area contributed by atoms with Gasteiger partial charge in [-0.15, -0.1) is 0 Å². The average Bonchev–Trinajstić information content (AvgIpc) is 2.47. The number of aromatic nitrogens is 2. The summed E-state index contributed by atoms with van der Waals surface area (Å²) in [7, 11) is 8.13. The summed E-state index contributed by atoms with van der Waals surface area (Å²) in [5.41, 5.74) is 0.414. The molecule has 23 heavy (non-hydrogen) atoms. The van der Waals surface area contributed by atoms with Crippen LogP contribution in [0.4, 0.5) is 5.82 Å². The normalized spacial score (nSPS) is 11.1. The number of nitrogens with one attached hydrogen (secondary N) is 2. The standard InChI is InChI=1S/C16H30N6O/c1-13-19-14(16(23)18-9-7-11-22(4)5)12-15(20-13)17-8-6-10-21(2)3/h12H,6-11H2,1-5H3,(H,18,23)(H,17,19,20). The summed E-state index contributed by atoms with van der Waals surface area (Å²) in [4.78, 5) is 24.9. The van der Waals surface area contributed by atoms with Crippen LogP contribution in [0.3, 0.4) is 0 Å². The fourth-order valence-corrected chi connectivity index (χ4v) is 2.07. The summed E-state index contributed by atoms with van der Waals surface area (Å²) in [6.45, 7) is 5.22. The van der Waals surface area contributed by atoms with Gasteiger partial charge in [0.25, 0.3) is 5.91 Å². The van der Waals surface area contributed by atoms with Gasteiger partial charge < -0.3 is 20.4 Å². The van der Waals surface area contributed by atoms with Crippen molar-refractivity contribution in [2.45, 2.75) is 19.8 Å². The largest absolute Gasteiger partial charge is 0.370 e. The highest BCUT2D eigenvalue weighted by Crippen LogP contribution is 2.07. The van der Waals surface area contributed by atoms with Crippen molar-refractivity contribution in [1.82, 2.24) is 25.1 Å². The molecule has 0 aliphatic rings. The van der Waals surface area contributed by atoms with Crippen LogP contribution in [0.5, 0.6) is 0 Å². The third-order valence-corrected chi connectivity index (χ3v) is 3.23. The minimum absolute atomic E-state index is 0.148. The fourth-order valence-electron chi connectivity index (χ4n) is 2.07. The van der Waals surface area contributed by atoms with Gasteiger partial charge in [-0.3, -0.25) is 4.79 Å². The first-order valence-corrected chi connectivity index (χ1v) is 8.05. The van der Waals surface area contributed by atoms with Gasteiger partial charge in [-0.1, -0.05) is 0 Å². The van der Waals surface area contributed by atoms with Crippen LogP contribution in [-0.4, -0.2) is 80.0 Å². The van der Waals surface area contributed by atoms with Gasteiger partial charge in [-0.05, 0) is 61.0 Å². The van der Waals surface area contributed by atoms with Crippen LogP contribution in [-0.2, 0) is 0 Å². The Bertz CT molecular complexity index is 489. The van der Waals surface area contributed by atoms with Crippen molar-refractivity contribution >= 4 is 11.7 Å². The van der Waals surface area contributed by atoms with Crippen molar-refractivity contribution < 1.29 is 4.79 Å². The van der Waals surface area contributed by atoms with Gasteiger partial charge in [-0.25, -0.2) is 9.97 Å². The lowest BCUT2D eigenvalue weighted by Gasteiger charge is -2.12. The smallest absolute Gasteiger partial charge is 0.270 e. The Balaban J connectivity index is 2.50. The Labute approximate surface area is 139 Å². The second-order valence-electron chi connectivity index (χ2n) is 6.18. The lowest BCUT2D eigenvalue weighted by Crippen LogP contribution is -2.28. The third kappa shape index (κ3) is 8.47. The van der Waals surface area contributed by atoms with Crippen LogP contribution in [0, 0.1) is 6.92 Å². The molecule has 1 aromatic heterocycles. The molecule has 1 heterocycles. The van der Waals surface area contributed by atoms with Gasteiger partial charge >= 0.3 is 0 Å². The fraction of sp³-hybridized carbons (Fsp3) is 0.688. The highest BCUT2D eigenvalue weighted by molar-refractivity contribution is 5.92. The molecule has 7 heteroatoms. The molecule has 7 nitrogen and oxygen atoms in total. The van der Waals surface area contributed by atoms with E-state index < -0.39 is 0 Å². The van der Waals surface area contributed by atoms with E-state index >= 15 is 0 Å². The second-order valence-corrected chi connectivity index (χ2v) is 6.18. The van der Waals surface area contributed by atoms with Gasteiger partial charge in [0.05, 0.1) is 0 Å². The lowest BCUT2D eigenvalue weighted by molar-refractivity contribution is 0.0947. The first-order chi connectivity index (χ1) is 10.9. The maximum Gasteiger partial charge on any atom is 0.270 e. The minimum Gasteiger partial charge on any atom is -0.370 e. The summed E-state index contributed by atoms with van der Waals surface area (Å²) < 4.78 is 0. The quantitative estimate of drug-likeness (QED) is 0.622. The number of aryl methyl sites for hydroxylation is 1. The van der Waals surface area contributed by atoms with E-state index in [1.54, 1.807) is 13.0 Å². The number of carbonyl (C=O) groups excluding carboxylic acids is 1. The van der Waals surface area contributed by atoms with E-state index in [4.69, 9.17) is 0 Å². The Hall–Kier alpha value is -1.73. The zero-order valence-corrected chi connectivity index (χ0v) is 15.0. The van der Waals surface area contributed by atoms with Gasteiger partial charge in [0.15, 0.2) is 0 Å². The predicted octanol–water partition coefficient (Wildman–Crippen LogP) is 0.830. The van der Waals surface area contributed by atoms with Gasteiger partial charge in [-0.2, -0.15) is 0 Å². The summed E-state index contributed by atoms with van der Waals surface area (Å²) in [6, 6.07) is 1.71. The Morgan fingerprint density at radius 1 is 1.04 bits per heavy atom. The Kier molecular flexibility index (Phi) is 8.50. The summed E-state index contributed by atoms with van der Waals surface area (Å²) in [6.07, 6.45) is 1.93.